The molecule has 0 bridgehead atoms. The number of ether oxygens (including phenoxy) is 1. The van der Waals surface area contributed by atoms with Crippen molar-refractivity contribution in [1.29, 1.82) is 0 Å². The van der Waals surface area contributed by atoms with Gasteiger partial charge in [0.05, 0.1) is 18.2 Å². The molecule has 1 saturated heterocycles. The number of nitrogens with one attached hydrogen (secondary N) is 1. The van der Waals surface area contributed by atoms with E-state index in [0.717, 1.165) is 17.5 Å². The molecule has 1 aromatic rings. The Bertz CT molecular complexity index is 567. The van der Waals surface area contributed by atoms with Crippen LogP contribution in [-0.4, -0.2) is 47.8 Å². The summed E-state index contributed by atoms with van der Waals surface area (Å²) in [5.74, 6) is -0.909. The number of hydrogen-bond acceptors (Lipinski definition) is 3. The van der Waals surface area contributed by atoms with Crippen molar-refractivity contribution in [1.82, 2.24) is 10.2 Å². The van der Waals surface area contributed by atoms with E-state index in [2.05, 4.69) is 5.32 Å². The number of hydrogen-bond donors (Lipinski definition) is 2. The van der Waals surface area contributed by atoms with Crippen molar-refractivity contribution in [2.24, 2.45) is 0 Å². The summed E-state index contributed by atoms with van der Waals surface area (Å²) >= 11 is 0. The summed E-state index contributed by atoms with van der Waals surface area (Å²) in [4.78, 5) is 25.2. The molecule has 3 rings (SSSR count). The minimum atomic E-state index is -0.909. The van der Waals surface area contributed by atoms with E-state index in [0.29, 0.717) is 38.3 Å². The molecule has 2 heterocycles. The number of urea groups is 1. The smallest absolute Gasteiger partial charge is 0.335 e. The number of carbonyl (C=O) groups is 2. The highest BCUT2D eigenvalue weighted by atomic mass is 16.5. The van der Waals surface area contributed by atoms with E-state index in [9.17, 15) is 14.7 Å². The molecule has 2 aliphatic heterocycles. The van der Waals surface area contributed by atoms with E-state index in [4.69, 9.17) is 4.74 Å². The molecule has 6 nitrogen and oxygen atoms in total. The van der Waals surface area contributed by atoms with Crippen LogP contribution in [0.2, 0.25) is 0 Å². The van der Waals surface area contributed by atoms with Crippen LogP contribution in [0.3, 0.4) is 0 Å². The van der Waals surface area contributed by atoms with Crippen LogP contribution in [0.4, 0.5) is 4.79 Å². The predicted molar refractivity (Wildman–Crippen MR) is 75.3 cm³/mol. The van der Waals surface area contributed by atoms with Crippen molar-refractivity contribution < 1.29 is 19.4 Å². The van der Waals surface area contributed by atoms with Crippen molar-refractivity contribution in [2.75, 3.05) is 19.8 Å². The van der Waals surface area contributed by atoms with Gasteiger partial charge in [-0.25, -0.2) is 9.59 Å². The summed E-state index contributed by atoms with van der Waals surface area (Å²) in [5, 5.41) is 12.2. The Morgan fingerprint density at radius 1 is 1.38 bits per heavy atom. The molecule has 0 spiro atoms. The summed E-state index contributed by atoms with van der Waals surface area (Å²) in [6.45, 7) is 2.25. The lowest BCUT2D eigenvalue weighted by atomic mass is 9.94. The van der Waals surface area contributed by atoms with E-state index < -0.39 is 5.97 Å². The van der Waals surface area contributed by atoms with Crippen LogP contribution in [0.25, 0.3) is 0 Å². The Balaban J connectivity index is 1.71. The average Bonchev–Trinajstić information content (AvgIpc) is 2.98. The molecule has 2 N–H and O–H groups in total. The first-order valence-electron chi connectivity index (χ1n) is 7.12. The van der Waals surface area contributed by atoms with Crippen LogP contribution < -0.4 is 5.32 Å². The molecule has 0 saturated carbocycles. The largest absolute Gasteiger partial charge is 0.478 e. The monoisotopic (exact) mass is 290 g/mol. The molecule has 1 unspecified atom stereocenters. The van der Waals surface area contributed by atoms with E-state index in [1.54, 1.807) is 17.0 Å². The maximum atomic E-state index is 12.2. The third-order valence-corrected chi connectivity index (χ3v) is 4.04. The number of fused-ring (bicyclic) bond motifs is 1. The molecule has 0 aromatic heterocycles. The van der Waals surface area contributed by atoms with Crippen molar-refractivity contribution in [2.45, 2.75) is 25.4 Å². The summed E-state index contributed by atoms with van der Waals surface area (Å²) < 4.78 is 5.25. The highest BCUT2D eigenvalue weighted by Gasteiger charge is 2.26. The van der Waals surface area contributed by atoms with Gasteiger partial charge in [-0.05, 0) is 30.0 Å². The standard InChI is InChI=1S/C15H18N2O4/c18-14(19)13-3-1-2-10-8-17(6-4-12(10)13)15(20)16-11-5-7-21-9-11/h1-3,11H,4-9H2,(H,16,20)(H,18,19). The van der Waals surface area contributed by atoms with E-state index in [-0.39, 0.29) is 12.1 Å². The molecule has 0 aliphatic carbocycles. The highest BCUT2D eigenvalue weighted by Crippen LogP contribution is 2.23. The normalized spacial score (nSPS) is 21.0. The molecular weight excluding hydrogens is 272 g/mol. The molecule has 1 aromatic carbocycles. The summed E-state index contributed by atoms with van der Waals surface area (Å²) in [6, 6.07) is 5.22. The van der Waals surface area contributed by atoms with Crippen LogP contribution in [0.15, 0.2) is 18.2 Å². The molecule has 21 heavy (non-hydrogen) atoms. The second-order valence-corrected chi connectivity index (χ2v) is 5.43. The van der Waals surface area contributed by atoms with E-state index in [1.165, 1.54) is 0 Å². The van der Waals surface area contributed by atoms with Gasteiger partial charge in [0.15, 0.2) is 0 Å². The fraction of sp³-hybridized carbons (Fsp3) is 0.467. The van der Waals surface area contributed by atoms with Gasteiger partial charge < -0.3 is 20.1 Å². The third kappa shape index (κ3) is 2.85. The molecule has 6 heteroatoms. The van der Waals surface area contributed by atoms with E-state index in [1.807, 2.05) is 6.07 Å². The Hall–Kier alpha value is -2.08. The number of rotatable bonds is 2. The van der Waals surface area contributed by atoms with E-state index >= 15 is 0 Å². The number of amides is 2. The van der Waals surface area contributed by atoms with Gasteiger partial charge in [0.1, 0.15) is 0 Å². The molecular formula is C15H18N2O4. The van der Waals surface area contributed by atoms with Gasteiger partial charge in [-0.3, -0.25) is 0 Å². The molecule has 112 valence electrons. The lowest BCUT2D eigenvalue weighted by Gasteiger charge is -2.30. The maximum absolute atomic E-state index is 12.2. The first kappa shape index (κ1) is 13.9. The topological polar surface area (TPSA) is 78.9 Å². The molecule has 2 amide bonds. The Morgan fingerprint density at radius 3 is 2.95 bits per heavy atom. The second kappa shape index (κ2) is 5.73. The van der Waals surface area contributed by atoms with Crippen molar-refractivity contribution in [3.05, 3.63) is 34.9 Å². The minimum Gasteiger partial charge on any atom is -0.478 e. The highest BCUT2D eigenvalue weighted by molar-refractivity contribution is 5.90. The third-order valence-electron chi connectivity index (χ3n) is 4.04. The van der Waals surface area contributed by atoms with Crippen LogP contribution in [0.5, 0.6) is 0 Å². The van der Waals surface area contributed by atoms with Gasteiger partial charge in [-0.1, -0.05) is 12.1 Å². The number of carbonyl (C=O) groups excluding carboxylic acids is 1. The minimum absolute atomic E-state index is 0.0873. The van der Waals surface area contributed by atoms with Gasteiger partial charge in [0, 0.05) is 19.7 Å². The first-order valence-corrected chi connectivity index (χ1v) is 7.12. The Labute approximate surface area is 122 Å². The van der Waals surface area contributed by atoms with Crippen molar-refractivity contribution in [3.63, 3.8) is 0 Å². The van der Waals surface area contributed by atoms with Crippen LogP contribution >= 0.6 is 0 Å². The molecule has 2 aliphatic rings. The van der Waals surface area contributed by atoms with Crippen LogP contribution in [0.1, 0.15) is 27.9 Å². The Morgan fingerprint density at radius 2 is 2.24 bits per heavy atom. The average molecular weight is 290 g/mol. The van der Waals surface area contributed by atoms with Crippen LogP contribution in [-0.2, 0) is 17.7 Å². The van der Waals surface area contributed by atoms with Crippen molar-refractivity contribution in [3.8, 4) is 0 Å². The second-order valence-electron chi connectivity index (χ2n) is 5.43. The summed E-state index contributed by atoms with van der Waals surface area (Å²) in [5.41, 5.74) is 2.11. The fourth-order valence-corrected chi connectivity index (χ4v) is 2.90. The molecule has 1 atom stereocenters. The van der Waals surface area contributed by atoms with Gasteiger partial charge in [-0.15, -0.1) is 0 Å². The van der Waals surface area contributed by atoms with Crippen molar-refractivity contribution >= 4 is 12.0 Å². The van der Waals surface area contributed by atoms with Gasteiger partial charge in [-0.2, -0.15) is 0 Å². The van der Waals surface area contributed by atoms with Gasteiger partial charge >= 0.3 is 12.0 Å². The lowest BCUT2D eigenvalue weighted by Crippen LogP contribution is -2.47. The predicted octanol–water partition coefficient (Wildman–Crippen LogP) is 1.24. The molecule has 0 radical (unpaired) electrons. The fourth-order valence-electron chi connectivity index (χ4n) is 2.90. The zero-order valence-electron chi connectivity index (χ0n) is 11.7. The SMILES string of the molecule is O=C(O)c1cccc2c1CCN(C(=O)NC1CCOC1)C2. The Kier molecular flexibility index (Phi) is 3.79. The van der Waals surface area contributed by atoms with Gasteiger partial charge in [0.2, 0.25) is 0 Å². The molecule has 1 fully saturated rings. The summed E-state index contributed by atoms with van der Waals surface area (Å²) in [6.07, 6.45) is 1.42. The number of carboxylic acid groups (broad SMARTS) is 1. The number of benzene rings is 1. The maximum Gasteiger partial charge on any atom is 0.335 e. The lowest BCUT2D eigenvalue weighted by molar-refractivity contribution is 0.0695. The number of nitrogens with zero attached hydrogens (tertiary/aromatic N) is 1. The van der Waals surface area contributed by atoms with Crippen LogP contribution in [0, 0.1) is 0 Å². The zero-order chi connectivity index (χ0) is 14.8. The first-order chi connectivity index (χ1) is 10.1. The summed E-state index contributed by atoms with van der Waals surface area (Å²) in [7, 11) is 0. The zero-order valence-corrected chi connectivity index (χ0v) is 11.7. The number of carboxylic acids is 1. The van der Waals surface area contributed by atoms with Gasteiger partial charge in [0.25, 0.3) is 0 Å². The quantitative estimate of drug-likeness (QED) is 0.859. The number of aromatic carboxylic acids is 1.